The lowest BCUT2D eigenvalue weighted by Crippen LogP contribution is -2.42. The molecule has 3 heteroatoms. The van der Waals surface area contributed by atoms with Crippen LogP contribution in [-0.4, -0.2) is 30.4 Å². The number of benzene rings is 1. The molecule has 0 aliphatic carbocycles. The highest BCUT2D eigenvalue weighted by molar-refractivity contribution is 5.39. The molecule has 0 amide bonds. The Morgan fingerprint density at radius 3 is 2.94 bits per heavy atom. The predicted octanol–water partition coefficient (Wildman–Crippen LogP) is 1.91. The van der Waals surface area contributed by atoms with E-state index in [2.05, 4.69) is 31.3 Å². The lowest BCUT2D eigenvalue weighted by molar-refractivity contribution is 0.226. The molecule has 1 aliphatic heterocycles. The quantitative estimate of drug-likeness (QED) is 0.819. The average Bonchev–Trinajstić information content (AvgIpc) is 2.70. The second kappa shape index (κ2) is 5.07. The predicted molar refractivity (Wildman–Crippen MR) is 68.5 cm³/mol. The van der Waals surface area contributed by atoms with Crippen LogP contribution in [0.3, 0.4) is 0 Å². The zero-order chi connectivity index (χ0) is 12.3. The number of hydrogen-bond acceptors (Lipinski definition) is 3. The standard InChI is InChI=1S/C14H21NO2/c1-14(2,7-8-16)15-9-11-10-17-13-6-4-3-5-12(11)13/h3-6,11,15-16H,7-10H2,1-2H3. The van der Waals surface area contributed by atoms with Gasteiger partial charge in [-0.15, -0.1) is 0 Å². The van der Waals surface area contributed by atoms with E-state index in [0.717, 1.165) is 25.3 Å². The Kier molecular flexibility index (Phi) is 3.69. The Morgan fingerprint density at radius 2 is 2.18 bits per heavy atom. The van der Waals surface area contributed by atoms with Crippen molar-refractivity contribution in [1.29, 1.82) is 0 Å². The zero-order valence-electron chi connectivity index (χ0n) is 10.6. The van der Waals surface area contributed by atoms with Crippen LogP contribution in [0.2, 0.25) is 0 Å². The second-order valence-electron chi connectivity index (χ2n) is 5.28. The average molecular weight is 235 g/mol. The third kappa shape index (κ3) is 2.99. The minimum Gasteiger partial charge on any atom is -0.493 e. The van der Waals surface area contributed by atoms with E-state index in [1.165, 1.54) is 5.56 Å². The monoisotopic (exact) mass is 235 g/mol. The lowest BCUT2D eigenvalue weighted by atomic mass is 9.97. The molecule has 0 radical (unpaired) electrons. The second-order valence-corrected chi connectivity index (χ2v) is 5.28. The third-order valence-corrected chi connectivity index (χ3v) is 3.36. The molecule has 0 spiro atoms. The maximum absolute atomic E-state index is 8.99. The molecule has 0 saturated heterocycles. The van der Waals surface area contributed by atoms with Gasteiger partial charge in [-0.25, -0.2) is 0 Å². The number of para-hydroxylation sites is 1. The molecule has 1 atom stereocenters. The summed E-state index contributed by atoms with van der Waals surface area (Å²) in [6, 6.07) is 8.21. The number of rotatable bonds is 5. The fraction of sp³-hybridized carbons (Fsp3) is 0.571. The number of aliphatic hydroxyl groups excluding tert-OH is 1. The minimum absolute atomic E-state index is 0.0215. The maximum atomic E-state index is 8.99. The van der Waals surface area contributed by atoms with Crippen LogP contribution in [-0.2, 0) is 0 Å². The Morgan fingerprint density at radius 1 is 1.41 bits per heavy atom. The topological polar surface area (TPSA) is 41.5 Å². The van der Waals surface area contributed by atoms with Crippen LogP contribution in [0.1, 0.15) is 31.7 Å². The smallest absolute Gasteiger partial charge is 0.122 e. The number of aliphatic hydroxyl groups is 1. The molecule has 0 bridgehead atoms. The normalized spacial score (nSPS) is 18.9. The molecule has 2 N–H and O–H groups in total. The highest BCUT2D eigenvalue weighted by Crippen LogP contribution is 2.33. The Bertz CT molecular complexity index is 376. The molecule has 1 unspecified atom stereocenters. The van der Waals surface area contributed by atoms with Crippen molar-refractivity contribution in [2.75, 3.05) is 19.8 Å². The van der Waals surface area contributed by atoms with Crippen LogP contribution in [0.4, 0.5) is 0 Å². The van der Waals surface area contributed by atoms with Gasteiger partial charge in [0.05, 0.1) is 6.61 Å². The van der Waals surface area contributed by atoms with Gasteiger partial charge in [0.25, 0.3) is 0 Å². The summed E-state index contributed by atoms with van der Waals surface area (Å²) in [4.78, 5) is 0. The molecule has 1 aromatic rings. The number of nitrogens with one attached hydrogen (secondary N) is 1. The minimum atomic E-state index is -0.0215. The van der Waals surface area contributed by atoms with Gasteiger partial charge in [0.1, 0.15) is 5.75 Å². The van der Waals surface area contributed by atoms with Crippen LogP contribution in [0, 0.1) is 0 Å². The molecule has 94 valence electrons. The van der Waals surface area contributed by atoms with Crippen LogP contribution >= 0.6 is 0 Å². The van der Waals surface area contributed by atoms with Gasteiger partial charge in [-0.05, 0) is 26.3 Å². The van der Waals surface area contributed by atoms with Crippen LogP contribution in [0.15, 0.2) is 24.3 Å². The zero-order valence-corrected chi connectivity index (χ0v) is 10.6. The first kappa shape index (κ1) is 12.4. The van der Waals surface area contributed by atoms with Crippen molar-refractivity contribution in [1.82, 2.24) is 5.32 Å². The summed E-state index contributed by atoms with van der Waals surface area (Å²) < 4.78 is 5.65. The van der Waals surface area contributed by atoms with Gasteiger partial charge in [-0.1, -0.05) is 18.2 Å². The summed E-state index contributed by atoms with van der Waals surface area (Å²) in [5.41, 5.74) is 1.27. The Hall–Kier alpha value is -1.06. The first-order chi connectivity index (χ1) is 8.12. The van der Waals surface area contributed by atoms with Gasteiger partial charge in [0.15, 0.2) is 0 Å². The van der Waals surface area contributed by atoms with Crippen molar-refractivity contribution < 1.29 is 9.84 Å². The summed E-state index contributed by atoms with van der Waals surface area (Å²) in [6.07, 6.45) is 0.766. The fourth-order valence-electron chi connectivity index (χ4n) is 2.17. The molecular weight excluding hydrogens is 214 g/mol. The van der Waals surface area contributed by atoms with Gasteiger partial charge in [-0.2, -0.15) is 0 Å². The van der Waals surface area contributed by atoms with Gasteiger partial charge in [0, 0.05) is 30.2 Å². The Balaban J connectivity index is 1.94. The number of ether oxygens (including phenoxy) is 1. The molecule has 2 rings (SSSR count). The lowest BCUT2D eigenvalue weighted by Gasteiger charge is -2.27. The van der Waals surface area contributed by atoms with Gasteiger partial charge in [-0.3, -0.25) is 0 Å². The van der Waals surface area contributed by atoms with Crippen molar-refractivity contribution in [3.05, 3.63) is 29.8 Å². The van der Waals surface area contributed by atoms with Crippen molar-refractivity contribution in [3.63, 3.8) is 0 Å². The molecule has 1 heterocycles. The first-order valence-corrected chi connectivity index (χ1v) is 6.20. The SMILES string of the molecule is CC(C)(CCO)NCC1COc2ccccc21. The van der Waals surface area contributed by atoms with Crippen molar-refractivity contribution in [2.24, 2.45) is 0 Å². The summed E-state index contributed by atoms with van der Waals surface area (Å²) in [5.74, 6) is 1.43. The van der Waals surface area contributed by atoms with E-state index in [-0.39, 0.29) is 12.1 Å². The maximum Gasteiger partial charge on any atom is 0.122 e. The van der Waals surface area contributed by atoms with E-state index in [1.807, 2.05) is 12.1 Å². The van der Waals surface area contributed by atoms with Crippen molar-refractivity contribution in [3.8, 4) is 5.75 Å². The number of fused-ring (bicyclic) bond motifs is 1. The van der Waals surface area contributed by atoms with Gasteiger partial charge >= 0.3 is 0 Å². The van der Waals surface area contributed by atoms with E-state index in [4.69, 9.17) is 9.84 Å². The summed E-state index contributed by atoms with van der Waals surface area (Å²) >= 11 is 0. The van der Waals surface area contributed by atoms with E-state index in [9.17, 15) is 0 Å². The summed E-state index contributed by atoms with van der Waals surface area (Å²) in [6.45, 7) is 6.10. The van der Waals surface area contributed by atoms with Crippen LogP contribution in [0.25, 0.3) is 0 Å². The number of hydrogen-bond donors (Lipinski definition) is 2. The van der Waals surface area contributed by atoms with Gasteiger partial charge < -0.3 is 15.2 Å². The first-order valence-electron chi connectivity index (χ1n) is 6.20. The van der Waals surface area contributed by atoms with E-state index in [1.54, 1.807) is 0 Å². The molecular formula is C14H21NO2. The largest absolute Gasteiger partial charge is 0.493 e. The molecule has 0 fully saturated rings. The molecule has 17 heavy (non-hydrogen) atoms. The van der Waals surface area contributed by atoms with E-state index >= 15 is 0 Å². The van der Waals surface area contributed by atoms with E-state index < -0.39 is 0 Å². The molecule has 0 aromatic heterocycles. The molecule has 1 aromatic carbocycles. The van der Waals surface area contributed by atoms with Gasteiger partial charge in [0.2, 0.25) is 0 Å². The molecule has 0 saturated carbocycles. The summed E-state index contributed by atoms with van der Waals surface area (Å²) in [5, 5.41) is 12.5. The van der Waals surface area contributed by atoms with E-state index in [0.29, 0.717) is 5.92 Å². The summed E-state index contributed by atoms with van der Waals surface area (Å²) in [7, 11) is 0. The highest BCUT2D eigenvalue weighted by Gasteiger charge is 2.25. The fourth-order valence-corrected chi connectivity index (χ4v) is 2.17. The highest BCUT2D eigenvalue weighted by atomic mass is 16.5. The molecule has 1 aliphatic rings. The van der Waals surface area contributed by atoms with Crippen LogP contribution < -0.4 is 10.1 Å². The Labute approximate surface area is 103 Å². The third-order valence-electron chi connectivity index (χ3n) is 3.36. The van der Waals surface area contributed by atoms with Crippen molar-refractivity contribution in [2.45, 2.75) is 31.7 Å². The van der Waals surface area contributed by atoms with Crippen molar-refractivity contribution >= 4 is 0 Å². The van der Waals surface area contributed by atoms with Crippen LogP contribution in [0.5, 0.6) is 5.75 Å². The molecule has 3 nitrogen and oxygen atoms in total.